The van der Waals surface area contributed by atoms with E-state index in [1.165, 1.54) is 19.3 Å². The van der Waals surface area contributed by atoms with Crippen LogP contribution in [0.15, 0.2) is 24.3 Å². The summed E-state index contributed by atoms with van der Waals surface area (Å²) in [6.07, 6.45) is 4.68. The molecule has 0 fully saturated rings. The second-order valence-corrected chi connectivity index (χ2v) is 5.28. The average molecular weight is 250 g/mol. The lowest BCUT2D eigenvalue weighted by molar-refractivity contribution is -0.00302. The number of hydrogen-bond acceptors (Lipinski definition) is 2. The molecule has 2 heteroatoms. The molecule has 0 heterocycles. The molecule has 0 radical (unpaired) electrons. The minimum atomic E-state index is -0.789. The van der Waals surface area contributed by atoms with Crippen molar-refractivity contribution in [2.75, 3.05) is 7.11 Å². The summed E-state index contributed by atoms with van der Waals surface area (Å²) < 4.78 is 5.22. The summed E-state index contributed by atoms with van der Waals surface area (Å²) >= 11 is 0. The molecule has 0 saturated carbocycles. The first kappa shape index (κ1) is 15.0. The van der Waals surface area contributed by atoms with Gasteiger partial charge in [-0.15, -0.1) is 0 Å². The highest BCUT2D eigenvalue weighted by molar-refractivity contribution is 5.32. The first-order valence-electron chi connectivity index (χ1n) is 6.89. The zero-order valence-electron chi connectivity index (χ0n) is 12.1. The Morgan fingerprint density at radius 2 is 2.06 bits per heavy atom. The normalized spacial score (nSPS) is 16.1. The van der Waals surface area contributed by atoms with Crippen LogP contribution in [0.4, 0.5) is 0 Å². The van der Waals surface area contributed by atoms with Gasteiger partial charge < -0.3 is 9.84 Å². The fourth-order valence-corrected chi connectivity index (χ4v) is 2.20. The van der Waals surface area contributed by atoms with E-state index in [1.54, 1.807) is 7.11 Å². The van der Waals surface area contributed by atoms with Crippen molar-refractivity contribution in [2.24, 2.45) is 5.92 Å². The van der Waals surface area contributed by atoms with Crippen LogP contribution in [-0.4, -0.2) is 12.2 Å². The molecule has 0 saturated heterocycles. The highest BCUT2D eigenvalue weighted by Gasteiger charge is 2.30. The highest BCUT2D eigenvalue weighted by atomic mass is 16.5. The summed E-state index contributed by atoms with van der Waals surface area (Å²) in [7, 11) is 1.65. The van der Waals surface area contributed by atoms with Gasteiger partial charge in [0, 0.05) is 0 Å². The molecule has 0 aliphatic rings. The van der Waals surface area contributed by atoms with Crippen LogP contribution in [0.25, 0.3) is 0 Å². The smallest absolute Gasteiger partial charge is 0.119 e. The van der Waals surface area contributed by atoms with Crippen molar-refractivity contribution >= 4 is 0 Å². The third kappa shape index (κ3) is 3.74. The van der Waals surface area contributed by atoms with Crippen molar-refractivity contribution < 1.29 is 9.84 Å². The Labute approximate surface area is 111 Å². The van der Waals surface area contributed by atoms with Crippen LogP contribution in [0.3, 0.4) is 0 Å². The van der Waals surface area contributed by atoms with Crippen molar-refractivity contribution in [1.29, 1.82) is 0 Å². The molecule has 2 nitrogen and oxygen atoms in total. The van der Waals surface area contributed by atoms with Gasteiger partial charge in [0.25, 0.3) is 0 Å². The van der Waals surface area contributed by atoms with E-state index in [4.69, 9.17) is 4.74 Å². The molecule has 1 N–H and O–H groups in total. The SMILES string of the molecule is CCCCC[C@H](C)[C@](C)(O)c1cccc(OC)c1. The Bertz CT molecular complexity index is 358. The van der Waals surface area contributed by atoms with Crippen LogP contribution in [0, 0.1) is 5.92 Å². The van der Waals surface area contributed by atoms with E-state index in [-0.39, 0.29) is 5.92 Å². The van der Waals surface area contributed by atoms with E-state index in [1.807, 2.05) is 31.2 Å². The molecule has 18 heavy (non-hydrogen) atoms. The van der Waals surface area contributed by atoms with Crippen molar-refractivity contribution in [3.05, 3.63) is 29.8 Å². The quantitative estimate of drug-likeness (QED) is 0.738. The summed E-state index contributed by atoms with van der Waals surface area (Å²) in [4.78, 5) is 0. The Morgan fingerprint density at radius 1 is 1.33 bits per heavy atom. The fourth-order valence-electron chi connectivity index (χ4n) is 2.20. The molecule has 2 atom stereocenters. The van der Waals surface area contributed by atoms with E-state index in [0.29, 0.717) is 0 Å². The first-order chi connectivity index (χ1) is 8.52. The minimum absolute atomic E-state index is 0.246. The van der Waals surface area contributed by atoms with Crippen LogP contribution in [0.1, 0.15) is 52.0 Å². The van der Waals surface area contributed by atoms with Gasteiger partial charge in [0.2, 0.25) is 0 Å². The second-order valence-electron chi connectivity index (χ2n) is 5.28. The minimum Gasteiger partial charge on any atom is -0.497 e. The van der Waals surface area contributed by atoms with Crippen LogP contribution < -0.4 is 4.74 Å². The molecule has 1 aromatic carbocycles. The van der Waals surface area contributed by atoms with Gasteiger partial charge in [0.05, 0.1) is 12.7 Å². The third-order valence-electron chi connectivity index (χ3n) is 3.85. The maximum Gasteiger partial charge on any atom is 0.119 e. The van der Waals surface area contributed by atoms with Gasteiger partial charge in [-0.05, 0) is 37.0 Å². The standard InChI is InChI=1S/C16H26O2/c1-5-6-7-9-13(2)16(3,17)14-10-8-11-15(12-14)18-4/h8,10-13,17H,5-7,9H2,1-4H3/t13-,16-/m0/s1. The zero-order chi connectivity index (χ0) is 13.6. The first-order valence-corrected chi connectivity index (χ1v) is 6.89. The van der Waals surface area contributed by atoms with Gasteiger partial charge in [-0.25, -0.2) is 0 Å². The molecule has 0 aliphatic carbocycles. The Kier molecular flexibility index (Phi) is 5.67. The van der Waals surface area contributed by atoms with Crippen molar-refractivity contribution in [3.63, 3.8) is 0 Å². The van der Waals surface area contributed by atoms with E-state index in [0.717, 1.165) is 17.7 Å². The van der Waals surface area contributed by atoms with Gasteiger partial charge in [-0.3, -0.25) is 0 Å². The molecule has 0 spiro atoms. The third-order valence-corrected chi connectivity index (χ3v) is 3.85. The molecule has 0 unspecified atom stereocenters. The number of unbranched alkanes of at least 4 members (excludes halogenated alkanes) is 2. The lowest BCUT2D eigenvalue weighted by Gasteiger charge is -2.31. The molecule has 102 valence electrons. The van der Waals surface area contributed by atoms with E-state index < -0.39 is 5.60 Å². The van der Waals surface area contributed by atoms with Gasteiger partial charge in [-0.2, -0.15) is 0 Å². The van der Waals surface area contributed by atoms with E-state index >= 15 is 0 Å². The number of rotatable bonds is 7. The summed E-state index contributed by atoms with van der Waals surface area (Å²) in [5.41, 5.74) is 0.147. The average Bonchev–Trinajstić information content (AvgIpc) is 2.39. The van der Waals surface area contributed by atoms with E-state index in [9.17, 15) is 5.11 Å². The summed E-state index contributed by atoms with van der Waals surface area (Å²) in [5.74, 6) is 1.05. The Balaban J connectivity index is 2.76. The van der Waals surface area contributed by atoms with Gasteiger partial charge in [-0.1, -0.05) is 45.2 Å². The van der Waals surface area contributed by atoms with Crippen LogP contribution in [0.5, 0.6) is 5.75 Å². The van der Waals surface area contributed by atoms with Gasteiger partial charge >= 0.3 is 0 Å². The van der Waals surface area contributed by atoms with Crippen molar-refractivity contribution in [3.8, 4) is 5.75 Å². The predicted octanol–water partition coefficient (Wildman–Crippen LogP) is 4.12. The van der Waals surface area contributed by atoms with Crippen molar-refractivity contribution in [1.82, 2.24) is 0 Å². The number of aliphatic hydroxyl groups is 1. The highest BCUT2D eigenvalue weighted by Crippen LogP contribution is 2.34. The van der Waals surface area contributed by atoms with Gasteiger partial charge in [0.1, 0.15) is 5.75 Å². The van der Waals surface area contributed by atoms with Crippen LogP contribution in [-0.2, 0) is 5.60 Å². The number of methoxy groups -OCH3 is 1. The van der Waals surface area contributed by atoms with Crippen LogP contribution >= 0.6 is 0 Å². The fraction of sp³-hybridized carbons (Fsp3) is 0.625. The maximum absolute atomic E-state index is 10.7. The monoisotopic (exact) mass is 250 g/mol. The van der Waals surface area contributed by atoms with E-state index in [2.05, 4.69) is 13.8 Å². The Hall–Kier alpha value is -1.02. The molecular formula is C16H26O2. The number of hydrogen-bond donors (Lipinski definition) is 1. The lowest BCUT2D eigenvalue weighted by Crippen LogP contribution is -2.29. The maximum atomic E-state index is 10.7. The topological polar surface area (TPSA) is 29.5 Å². The predicted molar refractivity (Wildman–Crippen MR) is 75.9 cm³/mol. The van der Waals surface area contributed by atoms with Gasteiger partial charge in [0.15, 0.2) is 0 Å². The molecule has 0 aliphatic heterocycles. The molecular weight excluding hydrogens is 224 g/mol. The number of benzene rings is 1. The molecule has 0 aromatic heterocycles. The molecule has 1 rings (SSSR count). The molecule has 0 amide bonds. The largest absolute Gasteiger partial charge is 0.497 e. The zero-order valence-corrected chi connectivity index (χ0v) is 12.1. The summed E-state index contributed by atoms with van der Waals surface area (Å²) in [6.45, 7) is 6.22. The summed E-state index contributed by atoms with van der Waals surface area (Å²) in [6, 6.07) is 7.73. The Morgan fingerprint density at radius 3 is 2.67 bits per heavy atom. The van der Waals surface area contributed by atoms with Crippen molar-refractivity contribution in [2.45, 2.75) is 52.1 Å². The molecule has 0 bridgehead atoms. The lowest BCUT2D eigenvalue weighted by atomic mass is 9.81. The molecule has 1 aromatic rings. The second kappa shape index (κ2) is 6.79. The summed E-state index contributed by atoms with van der Waals surface area (Å²) in [5, 5.41) is 10.7. The number of ether oxygens (including phenoxy) is 1. The van der Waals surface area contributed by atoms with Crippen LogP contribution in [0.2, 0.25) is 0 Å².